The van der Waals surface area contributed by atoms with Gasteiger partial charge in [-0.2, -0.15) is 0 Å². The predicted octanol–water partition coefficient (Wildman–Crippen LogP) is 2.18. The predicted molar refractivity (Wildman–Crippen MR) is 82.7 cm³/mol. The molecular formula is C17H23FN2O2. The van der Waals surface area contributed by atoms with Crippen molar-refractivity contribution in [1.29, 1.82) is 0 Å². The van der Waals surface area contributed by atoms with E-state index in [9.17, 15) is 14.0 Å². The van der Waals surface area contributed by atoms with Gasteiger partial charge in [-0.25, -0.2) is 4.39 Å². The molecule has 0 heterocycles. The normalized spacial score (nSPS) is 15.2. The molecule has 0 radical (unpaired) electrons. The van der Waals surface area contributed by atoms with E-state index in [0.29, 0.717) is 37.9 Å². The first kappa shape index (κ1) is 16.5. The van der Waals surface area contributed by atoms with E-state index < -0.39 is 5.41 Å². The number of carbonyl (C=O) groups is 2. The standard InChI is InChI=1S/C17H23FN2O2/c1-2-3-11-19-15(21)17(9-10-17)16(22)20-12-8-13-6-4-5-7-14(13)18/h4-7H,2-3,8-12H2,1H3,(H,19,21)(H,20,22). The maximum absolute atomic E-state index is 13.5. The number of amides is 2. The second-order valence-corrected chi connectivity index (χ2v) is 5.79. The van der Waals surface area contributed by atoms with Crippen LogP contribution in [0, 0.1) is 11.2 Å². The van der Waals surface area contributed by atoms with Crippen molar-refractivity contribution in [2.45, 2.75) is 39.0 Å². The SMILES string of the molecule is CCCCNC(=O)C1(C(=O)NCCc2ccccc2F)CC1. The average Bonchev–Trinajstić information content (AvgIpc) is 3.31. The van der Waals surface area contributed by atoms with Crippen LogP contribution in [0.4, 0.5) is 4.39 Å². The van der Waals surface area contributed by atoms with Gasteiger partial charge in [0.05, 0.1) is 0 Å². The van der Waals surface area contributed by atoms with Crippen molar-refractivity contribution < 1.29 is 14.0 Å². The lowest BCUT2D eigenvalue weighted by Crippen LogP contribution is -2.43. The molecule has 1 aromatic carbocycles. The maximum Gasteiger partial charge on any atom is 0.235 e. The van der Waals surface area contributed by atoms with Gasteiger partial charge in [-0.15, -0.1) is 0 Å². The van der Waals surface area contributed by atoms with Crippen LogP contribution in [-0.4, -0.2) is 24.9 Å². The third-order valence-electron chi connectivity index (χ3n) is 4.07. The second-order valence-electron chi connectivity index (χ2n) is 5.79. The lowest BCUT2D eigenvalue weighted by Gasteiger charge is -2.15. The Kier molecular flexibility index (Phi) is 5.52. The fourth-order valence-electron chi connectivity index (χ4n) is 2.41. The number of rotatable bonds is 8. The van der Waals surface area contributed by atoms with Crippen molar-refractivity contribution in [3.63, 3.8) is 0 Å². The number of hydrogen-bond donors (Lipinski definition) is 2. The highest BCUT2D eigenvalue weighted by Gasteiger charge is 2.56. The molecule has 0 aliphatic heterocycles. The maximum atomic E-state index is 13.5. The van der Waals surface area contributed by atoms with Crippen LogP contribution in [0.1, 0.15) is 38.2 Å². The Balaban J connectivity index is 1.79. The zero-order valence-corrected chi connectivity index (χ0v) is 13.0. The van der Waals surface area contributed by atoms with E-state index in [1.807, 2.05) is 0 Å². The molecule has 4 nitrogen and oxygen atoms in total. The number of hydrogen-bond acceptors (Lipinski definition) is 2. The van der Waals surface area contributed by atoms with Crippen molar-refractivity contribution in [1.82, 2.24) is 10.6 Å². The van der Waals surface area contributed by atoms with Crippen LogP contribution < -0.4 is 10.6 Å². The summed E-state index contributed by atoms with van der Waals surface area (Å²) in [6.07, 6.45) is 3.53. The van der Waals surface area contributed by atoms with E-state index in [2.05, 4.69) is 17.6 Å². The molecule has 0 unspecified atom stereocenters. The molecule has 1 aliphatic carbocycles. The van der Waals surface area contributed by atoms with Crippen LogP contribution in [0.25, 0.3) is 0 Å². The number of benzene rings is 1. The van der Waals surface area contributed by atoms with Crippen molar-refractivity contribution in [3.8, 4) is 0 Å². The molecule has 1 saturated carbocycles. The Bertz CT molecular complexity index is 541. The van der Waals surface area contributed by atoms with Crippen LogP contribution in [0.5, 0.6) is 0 Å². The summed E-state index contributed by atoms with van der Waals surface area (Å²) in [5.74, 6) is -0.683. The van der Waals surface area contributed by atoms with E-state index in [4.69, 9.17) is 0 Å². The zero-order valence-electron chi connectivity index (χ0n) is 13.0. The summed E-state index contributed by atoms with van der Waals surface area (Å²) < 4.78 is 13.5. The Morgan fingerprint density at radius 1 is 1.14 bits per heavy atom. The highest BCUT2D eigenvalue weighted by atomic mass is 19.1. The first-order valence-electron chi connectivity index (χ1n) is 7.90. The van der Waals surface area contributed by atoms with Crippen molar-refractivity contribution in [3.05, 3.63) is 35.6 Å². The third kappa shape index (κ3) is 3.84. The highest BCUT2D eigenvalue weighted by molar-refractivity contribution is 6.07. The van der Waals surface area contributed by atoms with Gasteiger partial charge in [0.2, 0.25) is 11.8 Å². The smallest absolute Gasteiger partial charge is 0.235 e. The highest BCUT2D eigenvalue weighted by Crippen LogP contribution is 2.46. The van der Waals surface area contributed by atoms with E-state index in [-0.39, 0.29) is 17.6 Å². The lowest BCUT2D eigenvalue weighted by atomic mass is 10.0. The Morgan fingerprint density at radius 3 is 2.36 bits per heavy atom. The van der Waals surface area contributed by atoms with Crippen molar-refractivity contribution in [2.24, 2.45) is 5.41 Å². The molecule has 22 heavy (non-hydrogen) atoms. The molecule has 0 aromatic heterocycles. The second kappa shape index (κ2) is 7.38. The van der Waals surface area contributed by atoms with Crippen LogP contribution in [0.15, 0.2) is 24.3 Å². The minimum atomic E-state index is -0.886. The van der Waals surface area contributed by atoms with Gasteiger partial charge in [0.1, 0.15) is 11.2 Å². The number of unbranched alkanes of at least 4 members (excludes halogenated alkanes) is 1. The van der Waals surface area contributed by atoms with Crippen LogP contribution in [-0.2, 0) is 16.0 Å². The van der Waals surface area contributed by atoms with E-state index in [1.54, 1.807) is 18.2 Å². The van der Waals surface area contributed by atoms with Gasteiger partial charge in [0.15, 0.2) is 0 Å². The molecular weight excluding hydrogens is 283 g/mol. The minimum Gasteiger partial charge on any atom is -0.355 e. The van der Waals surface area contributed by atoms with Gasteiger partial charge in [-0.05, 0) is 37.3 Å². The Hall–Kier alpha value is -1.91. The van der Waals surface area contributed by atoms with Crippen molar-refractivity contribution >= 4 is 11.8 Å². The van der Waals surface area contributed by atoms with Gasteiger partial charge >= 0.3 is 0 Å². The largest absolute Gasteiger partial charge is 0.355 e. The van der Waals surface area contributed by atoms with Gasteiger partial charge in [-0.1, -0.05) is 31.5 Å². The molecule has 0 atom stereocenters. The van der Waals surface area contributed by atoms with E-state index in [0.717, 1.165) is 12.8 Å². The van der Waals surface area contributed by atoms with E-state index in [1.165, 1.54) is 6.07 Å². The molecule has 0 saturated heterocycles. The van der Waals surface area contributed by atoms with Gasteiger partial charge in [-0.3, -0.25) is 9.59 Å². The number of carbonyl (C=O) groups excluding carboxylic acids is 2. The first-order valence-corrected chi connectivity index (χ1v) is 7.90. The summed E-state index contributed by atoms with van der Waals surface area (Å²) in [6.45, 7) is 3.00. The molecule has 0 spiro atoms. The average molecular weight is 306 g/mol. The first-order chi connectivity index (χ1) is 10.6. The van der Waals surface area contributed by atoms with Gasteiger partial charge in [0, 0.05) is 13.1 Å². The molecule has 2 N–H and O–H groups in total. The Labute approximate surface area is 130 Å². The summed E-state index contributed by atoms with van der Waals surface area (Å²) >= 11 is 0. The van der Waals surface area contributed by atoms with Gasteiger partial charge in [0.25, 0.3) is 0 Å². The monoisotopic (exact) mass is 306 g/mol. The fourth-order valence-corrected chi connectivity index (χ4v) is 2.41. The quantitative estimate of drug-likeness (QED) is 0.571. The van der Waals surface area contributed by atoms with Crippen LogP contribution in [0.3, 0.4) is 0 Å². The van der Waals surface area contributed by atoms with E-state index >= 15 is 0 Å². The third-order valence-corrected chi connectivity index (χ3v) is 4.07. The molecule has 2 rings (SSSR count). The summed E-state index contributed by atoms with van der Waals surface area (Å²) in [5, 5.41) is 5.59. The summed E-state index contributed by atoms with van der Waals surface area (Å²) in [4.78, 5) is 24.3. The molecule has 1 aliphatic rings. The lowest BCUT2D eigenvalue weighted by molar-refractivity contribution is -0.137. The molecule has 0 bridgehead atoms. The summed E-state index contributed by atoms with van der Waals surface area (Å²) in [7, 11) is 0. The minimum absolute atomic E-state index is 0.177. The summed E-state index contributed by atoms with van der Waals surface area (Å²) in [5.41, 5.74) is -0.316. The molecule has 120 valence electrons. The molecule has 5 heteroatoms. The van der Waals surface area contributed by atoms with Crippen molar-refractivity contribution in [2.75, 3.05) is 13.1 Å². The number of halogens is 1. The van der Waals surface area contributed by atoms with Crippen LogP contribution in [0.2, 0.25) is 0 Å². The van der Waals surface area contributed by atoms with Crippen LogP contribution >= 0.6 is 0 Å². The molecule has 1 fully saturated rings. The summed E-state index contributed by atoms with van der Waals surface area (Å²) in [6, 6.07) is 6.51. The molecule has 1 aromatic rings. The molecule has 2 amide bonds. The fraction of sp³-hybridized carbons (Fsp3) is 0.529. The topological polar surface area (TPSA) is 58.2 Å². The Morgan fingerprint density at radius 2 is 1.77 bits per heavy atom. The number of nitrogens with one attached hydrogen (secondary N) is 2. The van der Waals surface area contributed by atoms with Gasteiger partial charge < -0.3 is 10.6 Å². The zero-order chi connectivity index (χ0) is 16.0.